The van der Waals surface area contributed by atoms with Crippen LogP contribution in [0, 0.1) is 0 Å². The molecule has 0 saturated carbocycles. The summed E-state index contributed by atoms with van der Waals surface area (Å²) in [5, 5.41) is 3.29. The number of anilines is 1. The molecule has 2 aromatic heterocycles. The highest BCUT2D eigenvalue weighted by atomic mass is 16.2. The predicted molar refractivity (Wildman–Crippen MR) is 69.5 cm³/mol. The van der Waals surface area contributed by atoms with Crippen molar-refractivity contribution in [3.8, 4) is 0 Å². The fourth-order valence-electron chi connectivity index (χ4n) is 1.71. The van der Waals surface area contributed by atoms with Gasteiger partial charge in [-0.1, -0.05) is 18.2 Å². The Kier molecular flexibility index (Phi) is 2.82. The molecular formula is C13H9N5O. The second kappa shape index (κ2) is 4.77. The van der Waals surface area contributed by atoms with Crippen molar-refractivity contribution in [2.45, 2.75) is 0 Å². The Morgan fingerprint density at radius 3 is 2.58 bits per heavy atom. The Hall–Kier alpha value is -2.89. The zero-order valence-electron chi connectivity index (χ0n) is 9.82. The van der Waals surface area contributed by atoms with E-state index in [4.69, 9.17) is 0 Å². The third-order valence-electron chi connectivity index (χ3n) is 2.55. The van der Waals surface area contributed by atoms with Gasteiger partial charge in [0.1, 0.15) is 12.0 Å². The van der Waals surface area contributed by atoms with Gasteiger partial charge < -0.3 is 0 Å². The van der Waals surface area contributed by atoms with Gasteiger partial charge in [0.2, 0.25) is 5.95 Å². The summed E-state index contributed by atoms with van der Waals surface area (Å²) >= 11 is 0. The van der Waals surface area contributed by atoms with E-state index in [-0.39, 0.29) is 11.9 Å². The highest BCUT2D eigenvalue weighted by Gasteiger charge is 2.13. The van der Waals surface area contributed by atoms with Gasteiger partial charge in [-0.25, -0.2) is 19.9 Å². The van der Waals surface area contributed by atoms with Crippen molar-refractivity contribution in [1.29, 1.82) is 0 Å². The maximum Gasteiger partial charge on any atom is 0.277 e. The summed E-state index contributed by atoms with van der Waals surface area (Å²) in [5.41, 5.74) is 1.02. The molecule has 0 aliphatic heterocycles. The summed E-state index contributed by atoms with van der Waals surface area (Å²) in [6.45, 7) is 0. The van der Waals surface area contributed by atoms with Crippen LogP contribution in [0.25, 0.3) is 10.9 Å². The Labute approximate surface area is 108 Å². The molecule has 0 unspecified atom stereocenters. The summed E-state index contributed by atoms with van der Waals surface area (Å²) in [6, 6.07) is 9.00. The second-order valence-electron chi connectivity index (χ2n) is 3.77. The summed E-state index contributed by atoms with van der Waals surface area (Å²) < 4.78 is 0. The first-order valence-corrected chi connectivity index (χ1v) is 5.63. The Balaban J connectivity index is 1.98. The highest BCUT2D eigenvalue weighted by Crippen LogP contribution is 2.14. The number of nitrogens with zero attached hydrogens (tertiary/aromatic N) is 4. The molecule has 92 valence electrons. The first-order chi connectivity index (χ1) is 9.34. The van der Waals surface area contributed by atoms with Crippen molar-refractivity contribution in [2.75, 3.05) is 5.32 Å². The molecule has 0 radical (unpaired) electrons. The number of para-hydroxylation sites is 1. The lowest BCUT2D eigenvalue weighted by Gasteiger charge is -2.04. The Bertz CT molecular complexity index is 724. The average Bonchev–Trinajstić information content (AvgIpc) is 2.47. The second-order valence-corrected chi connectivity index (χ2v) is 3.77. The minimum absolute atomic E-state index is 0.246. The van der Waals surface area contributed by atoms with E-state index in [1.807, 2.05) is 18.2 Å². The molecule has 3 aromatic rings. The number of hydrogen-bond acceptors (Lipinski definition) is 5. The van der Waals surface area contributed by atoms with Crippen LogP contribution in [0.2, 0.25) is 0 Å². The molecule has 1 amide bonds. The van der Waals surface area contributed by atoms with Crippen LogP contribution < -0.4 is 5.32 Å². The van der Waals surface area contributed by atoms with Gasteiger partial charge in [0.25, 0.3) is 5.91 Å². The summed E-state index contributed by atoms with van der Waals surface area (Å²) in [7, 11) is 0. The number of benzene rings is 1. The van der Waals surface area contributed by atoms with Gasteiger partial charge in [0.05, 0.1) is 5.52 Å². The minimum Gasteiger partial charge on any atom is -0.289 e. The van der Waals surface area contributed by atoms with Crippen molar-refractivity contribution in [3.05, 3.63) is 54.7 Å². The maximum atomic E-state index is 12.1. The van der Waals surface area contributed by atoms with Gasteiger partial charge >= 0.3 is 0 Å². The number of carbonyl (C=O) groups is 1. The van der Waals surface area contributed by atoms with Crippen molar-refractivity contribution in [2.24, 2.45) is 0 Å². The Morgan fingerprint density at radius 1 is 0.947 bits per heavy atom. The van der Waals surface area contributed by atoms with E-state index < -0.39 is 0 Å². The third kappa shape index (κ3) is 2.23. The zero-order chi connectivity index (χ0) is 13.1. The number of hydrogen-bond donors (Lipinski definition) is 1. The molecule has 6 nitrogen and oxygen atoms in total. The van der Waals surface area contributed by atoms with Crippen molar-refractivity contribution in [1.82, 2.24) is 19.9 Å². The Morgan fingerprint density at radius 2 is 1.74 bits per heavy atom. The maximum absolute atomic E-state index is 12.1. The molecular weight excluding hydrogens is 242 g/mol. The number of amides is 1. The van der Waals surface area contributed by atoms with Crippen LogP contribution in [-0.2, 0) is 0 Å². The van der Waals surface area contributed by atoms with Gasteiger partial charge in [-0.2, -0.15) is 0 Å². The molecule has 0 bridgehead atoms. The fraction of sp³-hybridized carbons (Fsp3) is 0. The van der Waals surface area contributed by atoms with Crippen LogP contribution in [0.15, 0.2) is 49.1 Å². The SMILES string of the molecule is O=C(Nc1ncccn1)c1ncnc2ccccc12. The molecule has 19 heavy (non-hydrogen) atoms. The number of rotatable bonds is 2. The van der Waals surface area contributed by atoms with Gasteiger partial charge in [0.15, 0.2) is 0 Å². The van der Waals surface area contributed by atoms with Crippen LogP contribution in [-0.4, -0.2) is 25.8 Å². The first kappa shape index (κ1) is 11.2. The summed E-state index contributed by atoms with van der Waals surface area (Å²) in [4.78, 5) is 28.2. The topological polar surface area (TPSA) is 80.7 Å². The van der Waals surface area contributed by atoms with Crippen molar-refractivity contribution in [3.63, 3.8) is 0 Å². The molecule has 0 fully saturated rings. The molecule has 3 rings (SSSR count). The van der Waals surface area contributed by atoms with Gasteiger partial charge in [0, 0.05) is 17.8 Å². The summed E-state index contributed by atoms with van der Waals surface area (Å²) in [5.74, 6) is -0.111. The monoisotopic (exact) mass is 251 g/mol. The van der Waals surface area contributed by atoms with Crippen LogP contribution in [0.4, 0.5) is 5.95 Å². The van der Waals surface area contributed by atoms with Crippen LogP contribution in [0.5, 0.6) is 0 Å². The van der Waals surface area contributed by atoms with E-state index in [2.05, 4.69) is 25.3 Å². The standard InChI is InChI=1S/C13H9N5O/c19-12(18-13-14-6-3-7-15-13)11-9-4-1-2-5-10(9)16-8-17-11/h1-8H,(H,14,15,18,19). The predicted octanol–water partition coefficient (Wildman–Crippen LogP) is 1.67. The van der Waals surface area contributed by atoms with Gasteiger partial charge in [-0.15, -0.1) is 0 Å². The van der Waals surface area contributed by atoms with Crippen LogP contribution >= 0.6 is 0 Å². The van der Waals surface area contributed by atoms with E-state index in [0.29, 0.717) is 11.1 Å². The number of aromatic nitrogens is 4. The van der Waals surface area contributed by atoms with E-state index in [9.17, 15) is 4.79 Å². The van der Waals surface area contributed by atoms with Crippen LogP contribution in [0.1, 0.15) is 10.5 Å². The molecule has 0 atom stereocenters. The molecule has 2 heterocycles. The number of nitrogens with one attached hydrogen (secondary N) is 1. The number of fused-ring (bicyclic) bond motifs is 1. The smallest absolute Gasteiger partial charge is 0.277 e. The largest absolute Gasteiger partial charge is 0.289 e. The van der Waals surface area contributed by atoms with E-state index in [1.165, 1.54) is 6.33 Å². The molecule has 0 aliphatic carbocycles. The first-order valence-electron chi connectivity index (χ1n) is 5.63. The van der Waals surface area contributed by atoms with E-state index in [0.717, 1.165) is 5.52 Å². The third-order valence-corrected chi connectivity index (χ3v) is 2.55. The van der Waals surface area contributed by atoms with Gasteiger partial charge in [-0.05, 0) is 12.1 Å². The van der Waals surface area contributed by atoms with Crippen molar-refractivity contribution < 1.29 is 4.79 Å². The van der Waals surface area contributed by atoms with Crippen molar-refractivity contribution >= 4 is 22.8 Å². The molecule has 6 heteroatoms. The molecule has 0 spiro atoms. The molecule has 1 aromatic carbocycles. The lowest BCUT2D eigenvalue weighted by atomic mass is 10.2. The molecule has 0 aliphatic rings. The van der Waals surface area contributed by atoms with E-state index >= 15 is 0 Å². The minimum atomic E-state index is -0.357. The highest BCUT2D eigenvalue weighted by molar-refractivity contribution is 6.10. The normalized spacial score (nSPS) is 10.3. The number of carbonyl (C=O) groups excluding carboxylic acids is 1. The lowest BCUT2D eigenvalue weighted by Crippen LogP contribution is -2.16. The lowest BCUT2D eigenvalue weighted by molar-refractivity contribution is 0.102. The van der Waals surface area contributed by atoms with E-state index in [1.54, 1.807) is 24.5 Å². The quantitative estimate of drug-likeness (QED) is 0.749. The summed E-state index contributed by atoms with van der Waals surface area (Å²) in [6.07, 6.45) is 4.48. The molecule has 1 N–H and O–H groups in total. The van der Waals surface area contributed by atoms with Crippen LogP contribution in [0.3, 0.4) is 0 Å². The average molecular weight is 251 g/mol. The fourth-order valence-corrected chi connectivity index (χ4v) is 1.71. The van der Waals surface area contributed by atoms with Gasteiger partial charge in [-0.3, -0.25) is 10.1 Å². The molecule has 0 saturated heterocycles. The zero-order valence-corrected chi connectivity index (χ0v) is 9.82.